The number of methoxy groups -OCH3 is 1. The summed E-state index contributed by atoms with van der Waals surface area (Å²) in [5, 5.41) is 8.60. The number of rotatable bonds is 5. The Balaban J connectivity index is 2.01. The number of carbonyl (C=O) groups excluding carboxylic acids is 1. The molecule has 3 aromatic rings. The molecule has 0 aliphatic carbocycles. The smallest absolute Gasteiger partial charge is 0.330 e. The van der Waals surface area contributed by atoms with Crippen molar-refractivity contribution in [1.29, 1.82) is 0 Å². The third-order valence-corrected chi connectivity index (χ3v) is 3.85. The van der Waals surface area contributed by atoms with Crippen LogP contribution in [0.3, 0.4) is 0 Å². The molecule has 5 heteroatoms. The fourth-order valence-corrected chi connectivity index (χ4v) is 2.49. The van der Waals surface area contributed by atoms with Crippen molar-refractivity contribution < 1.29 is 9.53 Å². The van der Waals surface area contributed by atoms with Gasteiger partial charge in [-0.05, 0) is 18.6 Å². The molecule has 2 aromatic carbocycles. The lowest BCUT2D eigenvalue weighted by Gasteiger charge is -2.05. The molecule has 25 heavy (non-hydrogen) atoms. The predicted octanol–water partition coefficient (Wildman–Crippen LogP) is 3.49. The number of aromatic nitrogens is 3. The summed E-state index contributed by atoms with van der Waals surface area (Å²) in [4.78, 5) is 11.5. The second kappa shape index (κ2) is 7.57. The van der Waals surface area contributed by atoms with Crippen LogP contribution in [-0.4, -0.2) is 28.1 Å². The first-order valence-corrected chi connectivity index (χ1v) is 7.98. The molecule has 1 heterocycles. The highest BCUT2D eigenvalue weighted by Crippen LogP contribution is 2.23. The average molecular weight is 333 g/mol. The highest BCUT2D eigenvalue weighted by atomic mass is 16.5. The lowest BCUT2D eigenvalue weighted by molar-refractivity contribution is -0.134. The van der Waals surface area contributed by atoms with E-state index in [2.05, 4.69) is 10.3 Å². The van der Waals surface area contributed by atoms with Gasteiger partial charge < -0.3 is 4.74 Å². The topological polar surface area (TPSA) is 57.0 Å². The second-order valence-corrected chi connectivity index (χ2v) is 5.69. The number of carbonyl (C=O) groups is 1. The molecule has 0 amide bonds. The third-order valence-electron chi connectivity index (χ3n) is 3.85. The van der Waals surface area contributed by atoms with Crippen molar-refractivity contribution in [1.82, 2.24) is 15.0 Å². The molecule has 0 N–H and O–H groups in total. The van der Waals surface area contributed by atoms with Gasteiger partial charge in [0.05, 0.1) is 19.3 Å². The van der Waals surface area contributed by atoms with E-state index >= 15 is 0 Å². The monoisotopic (exact) mass is 333 g/mol. The Kier molecular flexibility index (Phi) is 5.04. The van der Waals surface area contributed by atoms with Crippen molar-refractivity contribution in [2.24, 2.45) is 0 Å². The molecule has 5 nitrogen and oxygen atoms in total. The summed E-state index contributed by atoms with van der Waals surface area (Å²) >= 11 is 0. The highest BCUT2D eigenvalue weighted by molar-refractivity contribution is 5.88. The van der Waals surface area contributed by atoms with E-state index in [1.165, 1.54) is 18.7 Å². The Bertz CT molecular complexity index is 881. The fraction of sp³-hybridized carbons (Fsp3) is 0.150. The van der Waals surface area contributed by atoms with Crippen molar-refractivity contribution in [3.05, 3.63) is 77.5 Å². The van der Waals surface area contributed by atoms with Crippen LogP contribution in [0.5, 0.6) is 0 Å². The van der Waals surface area contributed by atoms with Crippen LogP contribution in [0.25, 0.3) is 17.3 Å². The molecule has 126 valence electrons. The van der Waals surface area contributed by atoms with Crippen molar-refractivity contribution >= 4 is 12.0 Å². The van der Waals surface area contributed by atoms with Crippen LogP contribution in [0.1, 0.15) is 16.8 Å². The first kappa shape index (κ1) is 16.6. The van der Waals surface area contributed by atoms with E-state index in [9.17, 15) is 4.79 Å². The summed E-state index contributed by atoms with van der Waals surface area (Å²) in [5.74, 6) is -0.415. The fourth-order valence-electron chi connectivity index (χ4n) is 2.49. The van der Waals surface area contributed by atoms with Gasteiger partial charge in [-0.25, -0.2) is 9.48 Å². The van der Waals surface area contributed by atoms with Crippen LogP contribution in [0.15, 0.2) is 60.7 Å². The molecule has 0 atom stereocenters. The molecule has 0 saturated carbocycles. The van der Waals surface area contributed by atoms with Crippen LogP contribution in [0.2, 0.25) is 0 Å². The van der Waals surface area contributed by atoms with E-state index in [1.807, 2.05) is 61.5 Å². The van der Waals surface area contributed by atoms with Gasteiger partial charge >= 0.3 is 5.97 Å². The zero-order valence-electron chi connectivity index (χ0n) is 14.2. The normalized spacial score (nSPS) is 11.0. The summed E-state index contributed by atoms with van der Waals surface area (Å²) in [6, 6.07) is 18.1. The molecule has 0 radical (unpaired) electrons. The Morgan fingerprint density at radius 1 is 1.12 bits per heavy atom. The molecule has 0 unspecified atom stereocenters. The van der Waals surface area contributed by atoms with Gasteiger partial charge in [0.15, 0.2) is 0 Å². The minimum Gasteiger partial charge on any atom is -0.466 e. The first-order valence-electron chi connectivity index (χ1n) is 7.98. The number of hydrogen-bond acceptors (Lipinski definition) is 4. The van der Waals surface area contributed by atoms with Crippen LogP contribution in [-0.2, 0) is 16.1 Å². The van der Waals surface area contributed by atoms with Gasteiger partial charge in [-0.15, -0.1) is 5.10 Å². The maximum atomic E-state index is 11.5. The molecule has 0 bridgehead atoms. The van der Waals surface area contributed by atoms with Crippen LogP contribution in [0, 0.1) is 6.92 Å². The van der Waals surface area contributed by atoms with E-state index < -0.39 is 5.97 Å². The van der Waals surface area contributed by atoms with Crippen molar-refractivity contribution in [2.45, 2.75) is 13.5 Å². The van der Waals surface area contributed by atoms with Crippen molar-refractivity contribution in [3.63, 3.8) is 0 Å². The standard InChI is InChI=1S/C20H19N3O2/c1-15-8-10-17(11-9-15)20-18(12-13-19(24)25-2)23(22-21-20)14-16-6-4-3-5-7-16/h3-13H,14H2,1-2H3/b13-12+. The molecule has 0 spiro atoms. The Hall–Kier alpha value is -3.21. The maximum Gasteiger partial charge on any atom is 0.330 e. The van der Waals surface area contributed by atoms with E-state index in [-0.39, 0.29) is 0 Å². The molecular weight excluding hydrogens is 314 g/mol. The number of nitrogens with zero attached hydrogens (tertiary/aromatic N) is 3. The zero-order valence-corrected chi connectivity index (χ0v) is 14.2. The summed E-state index contributed by atoms with van der Waals surface area (Å²) < 4.78 is 6.47. The number of esters is 1. The lowest BCUT2D eigenvalue weighted by Crippen LogP contribution is -2.04. The lowest BCUT2D eigenvalue weighted by atomic mass is 10.1. The van der Waals surface area contributed by atoms with Crippen LogP contribution < -0.4 is 0 Å². The van der Waals surface area contributed by atoms with Gasteiger partial charge in [0.1, 0.15) is 5.69 Å². The summed E-state index contributed by atoms with van der Waals surface area (Å²) in [6.45, 7) is 2.61. The van der Waals surface area contributed by atoms with Gasteiger partial charge in [0.2, 0.25) is 0 Å². The molecule has 0 aliphatic rings. The van der Waals surface area contributed by atoms with Gasteiger partial charge in [0, 0.05) is 11.6 Å². The van der Waals surface area contributed by atoms with E-state index in [1.54, 1.807) is 10.8 Å². The minimum absolute atomic E-state index is 0.415. The minimum atomic E-state index is -0.415. The summed E-state index contributed by atoms with van der Waals surface area (Å²) in [6.07, 6.45) is 3.09. The quantitative estimate of drug-likeness (QED) is 0.530. The SMILES string of the molecule is COC(=O)/C=C/c1c(-c2ccc(C)cc2)nnn1Cc1ccccc1. The molecule has 0 aliphatic heterocycles. The number of ether oxygens (including phenoxy) is 1. The second-order valence-electron chi connectivity index (χ2n) is 5.69. The third kappa shape index (κ3) is 4.01. The van der Waals surface area contributed by atoms with Gasteiger partial charge in [0.25, 0.3) is 0 Å². The highest BCUT2D eigenvalue weighted by Gasteiger charge is 2.13. The largest absolute Gasteiger partial charge is 0.466 e. The molecule has 3 rings (SSSR count). The number of hydrogen-bond donors (Lipinski definition) is 0. The van der Waals surface area contributed by atoms with E-state index in [0.717, 1.165) is 22.5 Å². The first-order chi connectivity index (χ1) is 12.2. The molecule has 0 fully saturated rings. The number of benzene rings is 2. The van der Waals surface area contributed by atoms with Crippen LogP contribution >= 0.6 is 0 Å². The van der Waals surface area contributed by atoms with E-state index in [0.29, 0.717) is 6.54 Å². The maximum absolute atomic E-state index is 11.5. The number of aryl methyl sites for hydroxylation is 1. The molecular formula is C20H19N3O2. The summed E-state index contributed by atoms with van der Waals surface area (Å²) in [5.41, 5.74) is 4.73. The summed E-state index contributed by atoms with van der Waals surface area (Å²) in [7, 11) is 1.35. The molecule has 1 aromatic heterocycles. The van der Waals surface area contributed by atoms with Crippen molar-refractivity contribution in [2.75, 3.05) is 7.11 Å². The van der Waals surface area contributed by atoms with Gasteiger partial charge in [-0.3, -0.25) is 0 Å². The molecule has 0 saturated heterocycles. The Labute approximate surface area is 146 Å². The zero-order chi connectivity index (χ0) is 17.6. The van der Waals surface area contributed by atoms with Crippen LogP contribution in [0.4, 0.5) is 0 Å². The van der Waals surface area contributed by atoms with Crippen molar-refractivity contribution in [3.8, 4) is 11.3 Å². The predicted molar refractivity (Wildman–Crippen MR) is 96.8 cm³/mol. The Morgan fingerprint density at radius 3 is 2.52 bits per heavy atom. The van der Waals surface area contributed by atoms with Gasteiger partial charge in [-0.1, -0.05) is 65.4 Å². The average Bonchev–Trinajstić information content (AvgIpc) is 3.03. The van der Waals surface area contributed by atoms with Gasteiger partial charge in [-0.2, -0.15) is 0 Å². The Morgan fingerprint density at radius 2 is 1.84 bits per heavy atom. The van der Waals surface area contributed by atoms with E-state index in [4.69, 9.17) is 4.74 Å².